The Balaban J connectivity index is 1.80. The summed E-state index contributed by atoms with van der Waals surface area (Å²) in [7, 11) is 1.74. The van der Waals surface area contributed by atoms with Gasteiger partial charge in [-0.1, -0.05) is 18.2 Å². The van der Waals surface area contributed by atoms with Gasteiger partial charge in [-0.25, -0.2) is 0 Å². The zero-order chi connectivity index (χ0) is 22.0. The van der Waals surface area contributed by atoms with Gasteiger partial charge in [0.05, 0.1) is 23.5 Å². The molecular weight excluding hydrogens is 472 g/mol. The van der Waals surface area contributed by atoms with E-state index in [-0.39, 0.29) is 12.1 Å². The third kappa shape index (κ3) is 4.27. The number of pyridine rings is 1. The Labute approximate surface area is 197 Å². The predicted octanol–water partition coefficient (Wildman–Crippen LogP) is 5.26. The number of aryl methyl sites for hydroxylation is 1. The Bertz CT molecular complexity index is 1070. The van der Waals surface area contributed by atoms with Crippen molar-refractivity contribution in [2.75, 3.05) is 20.3 Å². The minimum absolute atomic E-state index is 0.00981. The second-order valence-electron chi connectivity index (χ2n) is 7.78. The molecule has 2 atom stereocenters. The lowest BCUT2D eigenvalue weighted by atomic mass is 9.96. The van der Waals surface area contributed by atoms with Gasteiger partial charge in [0.2, 0.25) is 0 Å². The maximum Gasteiger partial charge on any atom is 0.170 e. The fraction of sp³-hybridized carbons (Fsp3) is 0.333. The molecular formula is C24H27BrN4OS. The number of methoxy groups -OCH3 is 1. The first-order chi connectivity index (χ1) is 15.0. The van der Waals surface area contributed by atoms with Crippen LogP contribution in [0.2, 0.25) is 0 Å². The van der Waals surface area contributed by atoms with Crippen molar-refractivity contribution in [3.8, 4) is 5.69 Å². The average molecular weight is 499 g/mol. The third-order valence-electron chi connectivity index (χ3n) is 5.83. The molecule has 5 nitrogen and oxygen atoms in total. The zero-order valence-corrected chi connectivity index (χ0v) is 20.4. The van der Waals surface area contributed by atoms with Gasteiger partial charge in [-0.3, -0.25) is 4.98 Å². The number of hydrogen-bond acceptors (Lipinski definition) is 3. The Kier molecular flexibility index (Phi) is 6.74. The molecule has 7 heteroatoms. The summed E-state index contributed by atoms with van der Waals surface area (Å²) in [4.78, 5) is 6.94. The van der Waals surface area contributed by atoms with Crippen molar-refractivity contribution in [3.63, 3.8) is 0 Å². The van der Waals surface area contributed by atoms with E-state index in [1.165, 1.54) is 17.0 Å². The molecule has 0 bridgehead atoms. The number of ether oxygens (including phenoxy) is 1. The summed E-state index contributed by atoms with van der Waals surface area (Å²) in [5, 5.41) is 4.30. The summed E-state index contributed by atoms with van der Waals surface area (Å²) in [6, 6.07) is 16.7. The number of nitrogens with one attached hydrogen (secondary N) is 1. The highest BCUT2D eigenvalue weighted by Gasteiger charge is 2.41. The van der Waals surface area contributed by atoms with Crippen LogP contribution in [0.5, 0.6) is 0 Å². The van der Waals surface area contributed by atoms with Gasteiger partial charge in [0.1, 0.15) is 0 Å². The summed E-state index contributed by atoms with van der Waals surface area (Å²) < 4.78 is 8.68. The highest BCUT2D eigenvalue weighted by Crippen LogP contribution is 2.41. The summed E-state index contributed by atoms with van der Waals surface area (Å²) in [6.45, 7) is 5.87. The van der Waals surface area contributed by atoms with Crippen LogP contribution in [0, 0.1) is 13.8 Å². The molecule has 4 rings (SSSR count). The first-order valence-electron chi connectivity index (χ1n) is 10.4. The van der Waals surface area contributed by atoms with Crippen LogP contribution in [0.4, 0.5) is 0 Å². The van der Waals surface area contributed by atoms with Crippen LogP contribution < -0.4 is 5.32 Å². The van der Waals surface area contributed by atoms with Gasteiger partial charge >= 0.3 is 0 Å². The molecule has 1 saturated heterocycles. The number of benzene rings is 1. The molecule has 0 saturated carbocycles. The van der Waals surface area contributed by atoms with Gasteiger partial charge in [0.25, 0.3) is 0 Å². The predicted molar refractivity (Wildman–Crippen MR) is 132 cm³/mol. The Hall–Kier alpha value is -2.22. The van der Waals surface area contributed by atoms with Crippen molar-refractivity contribution < 1.29 is 4.74 Å². The lowest BCUT2D eigenvalue weighted by Crippen LogP contribution is -2.31. The summed E-state index contributed by atoms with van der Waals surface area (Å²) in [6.07, 6.45) is 2.75. The molecule has 1 aliphatic heterocycles. The number of para-hydroxylation sites is 1. The fourth-order valence-electron chi connectivity index (χ4n) is 4.45. The maximum atomic E-state index is 5.77. The Morgan fingerprint density at radius 2 is 1.94 bits per heavy atom. The molecule has 162 valence electrons. The van der Waals surface area contributed by atoms with Crippen LogP contribution in [-0.2, 0) is 4.74 Å². The molecule has 0 aliphatic carbocycles. The quantitative estimate of drug-likeness (QED) is 0.355. The van der Waals surface area contributed by atoms with Crippen LogP contribution in [0.3, 0.4) is 0 Å². The largest absolute Gasteiger partial charge is 0.385 e. The molecule has 1 aliphatic rings. The monoisotopic (exact) mass is 498 g/mol. The zero-order valence-electron chi connectivity index (χ0n) is 18.0. The van der Waals surface area contributed by atoms with Crippen LogP contribution in [0.25, 0.3) is 5.69 Å². The second-order valence-corrected chi connectivity index (χ2v) is 9.02. The van der Waals surface area contributed by atoms with Gasteiger partial charge in [0.15, 0.2) is 5.11 Å². The smallest absolute Gasteiger partial charge is 0.170 e. The van der Waals surface area contributed by atoms with Gasteiger partial charge in [0, 0.05) is 42.3 Å². The van der Waals surface area contributed by atoms with E-state index in [1.807, 2.05) is 24.4 Å². The molecule has 1 fully saturated rings. The summed E-state index contributed by atoms with van der Waals surface area (Å²) in [5.41, 5.74) is 5.79. The van der Waals surface area contributed by atoms with Crippen molar-refractivity contribution in [3.05, 3.63) is 81.8 Å². The molecule has 0 unspecified atom stereocenters. The molecule has 0 radical (unpaired) electrons. The van der Waals surface area contributed by atoms with E-state index in [2.05, 4.69) is 79.9 Å². The fourth-order valence-corrected chi connectivity index (χ4v) is 5.25. The van der Waals surface area contributed by atoms with E-state index in [4.69, 9.17) is 17.0 Å². The van der Waals surface area contributed by atoms with Gasteiger partial charge in [-0.2, -0.15) is 0 Å². The topological polar surface area (TPSA) is 42.3 Å². The first kappa shape index (κ1) is 22.0. The minimum Gasteiger partial charge on any atom is -0.385 e. The highest BCUT2D eigenvalue weighted by atomic mass is 79.9. The summed E-state index contributed by atoms with van der Waals surface area (Å²) >= 11 is 9.49. The van der Waals surface area contributed by atoms with Crippen molar-refractivity contribution in [2.24, 2.45) is 0 Å². The second kappa shape index (κ2) is 9.51. The van der Waals surface area contributed by atoms with Gasteiger partial charge in [-0.15, -0.1) is 0 Å². The average Bonchev–Trinajstić information content (AvgIpc) is 3.25. The number of nitrogens with zero attached hydrogens (tertiary/aromatic N) is 3. The highest BCUT2D eigenvalue weighted by molar-refractivity contribution is 9.10. The molecule has 1 aromatic carbocycles. The van der Waals surface area contributed by atoms with E-state index < -0.39 is 0 Å². The van der Waals surface area contributed by atoms with E-state index in [0.717, 1.165) is 33.9 Å². The van der Waals surface area contributed by atoms with Crippen LogP contribution in [-0.4, -0.2) is 39.8 Å². The lowest BCUT2D eigenvalue weighted by molar-refractivity contribution is 0.180. The Morgan fingerprint density at radius 1 is 1.16 bits per heavy atom. The van der Waals surface area contributed by atoms with Crippen LogP contribution in [0.15, 0.2) is 59.2 Å². The molecule has 0 spiro atoms. The lowest BCUT2D eigenvalue weighted by Gasteiger charge is -2.28. The van der Waals surface area contributed by atoms with E-state index >= 15 is 0 Å². The number of hydrogen-bond donors (Lipinski definition) is 1. The molecule has 1 N–H and O–H groups in total. The SMILES string of the molecule is COCCCN1C(=S)N[C@H](c2ccccn2)[C@H]1c1cc(C)n(-c2ccccc2Br)c1C. The first-order valence-corrected chi connectivity index (χ1v) is 11.6. The minimum atomic E-state index is -0.00981. The van der Waals surface area contributed by atoms with Crippen LogP contribution >= 0.6 is 28.1 Å². The normalized spacial score (nSPS) is 18.5. The van der Waals surface area contributed by atoms with Crippen molar-refractivity contribution in [2.45, 2.75) is 32.4 Å². The van der Waals surface area contributed by atoms with Gasteiger partial charge in [-0.05, 0) is 84.3 Å². The molecule has 3 heterocycles. The molecule has 2 aromatic heterocycles. The van der Waals surface area contributed by atoms with E-state index in [0.29, 0.717) is 6.61 Å². The number of aromatic nitrogens is 2. The maximum absolute atomic E-state index is 5.77. The number of halogens is 1. The van der Waals surface area contributed by atoms with E-state index in [9.17, 15) is 0 Å². The van der Waals surface area contributed by atoms with Crippen molar-refractivity contribution >= 4 is 33.3 Å². The standard InChI is InChI=1S/C24H27BrN4OS/c1-16-15-18(17(2)29(16)21-11-5-4-9-19(21)25)23-22(20-10-6-7-12-26-20)27-24(31)28(23)13-8-14-30-3/h4-7,9-12,15,22-23H,8,13-14H2,1-3H3,(H,27,31)/t22-,23-/m1/s1. The number of rotatable bonds is 7. The number of thiocarbonyl (C=S) groups is 1. The Morgan fingerprint density at radius 3 is 2.65 bits per heavy atom. The van der Waals surface area contributed by atoms with Crippen LogP contribution in [0.1, 0.15) is 41.1 Å². The molecule has 31 heavy (non-hydrogen) atoms. The van der Waals surface area contributed by atoms with Gasteiger partial charge < -0.3 is 19.5 Å². The van der Waals surface area contributed by atoms with Crippen molar-refractivity contribution in [1.29, 1.82) is 0 Å². The summed E-state index contributed by atoms with van der Waals surface area (Å²) in [5.74, 6) is 0. The molecule has 0 amide bonds. The third-order valence-corrected chi connectivity index (χ3v) is 6.85. The van der Waals surface area contributed by atoms with E-state index in [1.54, 1.807) is 7.11 Å². The molecule has 3 aromatic rings. The van der Waals surface area contributed by atoms with Crippen molar-refractivity contribution in [1.82, 2.24) is 19.8 Å².